The summed E-state index contributed by atoms with van der Waals surface area (Å²) >= 11 is 0. The Balaban J connectivity index is 1.77. The quantitative estimate of drug-likeness (QED) is 0.583. The summed E-state index contributed by atoms with van der Waals surface area (Å²) in [5.41, 5.74) is 0.663. The van der Waals surface area contributed by atoms with Gasteiger partial charge in [-0.2, -0.15) is 10.1 Å². The molecule has 1 aliphatic carbocycles. The Morgan fingerprint density at radius 1 is 1.27 bits per heavy atom. The third-order valence-electron chi connectivity index (χ3n) is 5.12. The molecule has 0 aromatic carbocycles. The fraction of sp³-hybridized carbons (Fsp3) is 0.500. The van der Waals surface area contributed by atoms with Gasteiger partial charge in [-0.05, 0) is 18.8 Å². The standard InChI is InChI=1S/C16H21N7O3/c1-21-7-9(6-17-21)11(8-4-10(24)5-8)18-15-19-13-12(22(15)2)14(25)20-16(26)23(13)3/h6-8,10-11,24H,4-5H2,1-3H3,(H,18,19)(H,20,25,26)/t8?,10?,11-/m1/s1. The molecule has 0 bridgehead atoms. The summed E-state index contributed by atoms with van der Waals surface area (Å²) in [5.74, 6) is 0.720. The van der Waals surface area contributed by atoms with Crippen LogP contribution in [0.25, 0.3) is 11.2 Å². The van der Waals surface area contributed by atoms with Gasteiger partial charge >= 0.3 is 5.69 Å². The molecule has 1 saturated carbocycles. The summed E-state index contributed by atoms with van der Waals surface area (Å²) in [4.78, 5) is 30.8. The first kappa shape index (κ1) is 16.6. The van der Waals surface area contributed by atoms with Gasteiger partial charge in [0.15, 0.2) is 11.2 Å². The van der Waals surface area contributed by atoms with Crippen molar-refractivity contribution in [1.82, 2.24) is 28.9 Å². The minimum absolute atomic E-state index is 0.0984. The summed E-state index contributed by atoms with van der Waals surface area (Å²) < 4.78 is 4.68. The van der Waals surface area contributed by atoms with Crippen LogP contribution in [0.2, 0.25) is 0 Å². The number of hydrogen-bond acceptors (Lipinski definition) is 6. The molecule has 1 fully saturated rings. The lowest BCUT2D eigenvalue weighted by molar-refractivity contribution is 0.0338. The topological polar surface area (TPSA) is 123 Å². The first-order valence-electron chi connectivity index (χ1n) is 8.44. The van der Waals surface area contributed by atoms with Gasteiger partial charge in [0.1, 0.15) is 0 Å². The largest absolute Gasteiger partial charge is 0.393 e. The van der Waals surface area contributed by atoms with Crippen molar-refractivity contribution in [3.8, 4) is 0 Å². The van der Waals surface area contributed by atoms with Crippen molar-refractivity contribution in [1.29, 1.82) is 0 Å². The van der Waals surface area contributed by atoms with Gasteiger partial charge in [-0.15, -0.1) is 0 Å². The smallest absolute Gasteiger partial charge is 0.329 e. The second-order valence-corrected chi connectivity index (χ2v) is 6.94. The zero-order valence-corrected chi connectivity index (χ0v) is 14.8. The monoisotopic (exact) mass is 359 g/mol. The Labute approximate surface area is 148 Å². The van der Waals surface area contributed by atoms with Crippen LogP contribution in [0.15, 0.2) is 22.0 Å². The molecule has 0 saturated heterocycles. The van der Waals surface area contributed by atoms with Gasteiger partial charge in [-0.3, -0.25) is 19.0 Å². The maximum absolute atomic E-state index is 12.2. The van der Waals surface area contributed by atoms with Crippen LogP contribution in [0.4, 0.5) is 5.95 Å². The number of fused-ring (bicyclic) bond motifs is 1. The van der Waals surface area contributed by atoms with E-state index in [1.54, 1.807) is 29.5 Å². The first-order valence-corrected chi connectivity index (χ1v) is 8.44. The van der Waals surface area contributed by atoms with Gasteiger partial charge in [-0.1, -0.05) is 0 Å². The molecule has 3 aromatic rings. The van der Waals surface area contributed by atoms with E-state index in [1.165, 1.54) is 4.57 Å². The second-order valence-electron chi connectivity index (χ2n) is 6.94. The van der Waals surface area contributed by atoms with Crippen LogP contribution in [-0.4, -0.2) is 40.1 Å². The summed E-state index contributed by atoms with van der Waals surface area (Å²) in [7, 11) is 5.14. The number of hydrogen-bond donors (Lipinski definition) is 3. The lowest BCUT2D eigenvalue weighted by Gasteiger charge is -2.37. The van der Waals surface area contributed by atoms with Crippen molar-refractivity contribution < 1.29 is 5.11 Å². The number of imidazole rings is 1. The molecule has 0 spiro atoms. The van der Waals surface area contributed by atoms with Crippen molar-refractivity contribution >= 4 is 17.1 Å². The van der Waals surface area contributed by atoms with Crippen LogP contribution in [0, 0.1) is 5.92 Å². The van der Waals surface area contributed by atoms with Crippen molar-refractivity contribution in [2.75, 3.05) is 5.32 Å². The number of aliphatic hydroxyl groups is 1. The van der Waals surface area contributed by atoms with E-state index >= 15 is 0 Å². The molecule has 3 N–H and O–H groups in total. The van der Waals surface area contributed by atoms with Gasteiger partial charge in [0.2, 0.25) is 5.95 Å². The van der Waals surface area contributed by atoms with E-state index in [1.807, 2.05) is 13.2 Å². The molecule has 3 heterocycles. The third kappa shape index (κ3) is 2.53. The Morgan fingerprint density at radius 3 is 2.62 bits per heavy atom. The molecule has 0 unspecified atom stereocenters. The molecule has 0 aliphatic heterocycles. The summed E-state index contributed by atoms with van der Waals surface area (Å²) in [6.07, 6.45) is 4.80. The normalized spacial score (nSPS) is 20.9. The predicted molar refractivity (Wildman–Crippen MR) is 94.9 cm³/mol. The van der Waals surface area contributed by atoms with Crippen molar-refractivity contribution in [3.05, 3.63) is 38.8 Å². The minimum Gasteiger partial charge on any atom is -0.393 e. The molecule has 4 rings (SSSR count). The SMILES string of the molecule is Cn1cc([C@H](Nc2nc3c(c(=O)[nH]c(=O)n3C)n2C)C2CC(O)C2)cn1. The van der Waals surface area contributed by atoms with Crippen LogP contribution in [-0.2, 0) is 21.1 Å². The minimum atomic E-state index is -0.502. The van der Waals surface area contributed by atoms with Crippen molar-refractivity contribution in [2.24, 2.45) is 27.1 Å². The number of rotatable bonds is 4. The summed E-state index contributed by atoms with van der Waals surface area (Å²) in [6.45, 7) is 0. The maximum atomic E-state index is 12.2. The number of nitrogens with zero attached hydrogens (tertiary/aromatic N) is 5. The highest BCUT2D eigenvalue weighted by Crippen LogP contribution is 2.39. The van der Waals surface area contributed by atoms with Gasteiger partial charge < -0.3 is 15.0 Å². The molecular weight excluding hydrogens is 338 g/mol. The van der Waals surface area contributed by atoms with E-state index < -0.39 is 11.2 Å². The van der Waals surface area contributed by atoms with Gasteiger partial charge in [0.05, 0.1) is 18.3 Å². The van der Waals surface area contributed by atoms with Crippen molar-refractivity contribution in [3.63, 3.8) is 0 Å². The highest BCUT2D eigenvalue weighted by Gasteiger charge is 2.36. The van der Waals surface area contributed by atoms with E-state index in [2.05, 4.69) is 20.4 Å². The van der Waals surface area contributed by atoms with Crippen LogP contribution in [0.5, 0.6) is 0 Å². The zero-order chi connectivity index (χ0) is 18.6. The van der Waals surface area contributed by atoms with Crippen molar-refractivity contribution in [2.45, 2.75) is 25.0 Å². The van der Waals surface area contributed by atoms with E-state index in [4.69, 9.17) is 0 Å². The molecule has 10 heteroatoms. The fourth-order valence-corrected chi connectivity index (χ4v) is 3.55. The number of H-pyrrole nitrogens is 1. The molecule has 0 radical (unpaired) electrons. The van der Waals surface area contributed by atoms with Crippen LogP contribution in [0.3, 0.4) is 0 Å². The highest BCUT2D eigenvalue weighted by molar-refractivity contribution is 5.74. The van der Waals surface area contributed by atoms with E-state index in [-0.39, 0.29) is 18.1 Å². The first-order chi connectivity index (χ1) is 12.3. The predicted octanol–water partition coefficient (Wildman–Crippen LogP) is -0.382. The number of aromatic amines is 1. The van der Waals surface area contributed by atoms with Gasteiger partial charge in [0, 0.05) is 32.9 Å². The Hall–Kier alpha value is -2.88. The average molecular weight is 359 g/mol. The molecule has 0 amide bonds. The molecule has 26 heavy (non-hydrogen) atoms. The molecule has 138 valence electrons. The molecule has 3 aromatic heterocycles. The molecule has 10 nitrogen and oxygen atoms in total. The Bertz CT molecular complexity index is 1080. The van der Waals surface area contributed by atoms with Crippen LogP contribution >= 0.6 is 0 Å². The van der Waals surface area contributed by atoms with Crippen LogP contribution in [0.1, 0.15) is 24.4 Å². The Kier molecular flexibility index (Phi) is 3.72. The van der Waals surface area contributed by atoms with E-state index in [0.29, 0.717) is 30.0 Å². The van der Waals surface area contributed by atoms with E-state index in [0.717, 1.165) is 5.56 Å². The fourth-order valence-electron chi connectivity index (χ4n) is 3.55. The van der Waals surface area contributed by atoms with Gasteiger partial charge in [0.25, 0.3) is 5.56 Å². The third-order valence-corrected chi connectivity index (χ3v) is 5.12. The van der Waals surface area contributed by atoms with Gasteiger partial charge in [-0.25, -0.2) is 4.79 Å². The molecular formula is C16H21N7O3. The molecule has 1 aliphatic rings. The maximum Gasteiger partial charge on any atom is 0.329 e. The Morgan fingerprint density at radius 2 is 2.00 bits per heavy atom. The number of aliphatic hydroxyl groups excluding tert-OH is 1. The lowest BCUT2D eigenvalue weighted by atomic mass is 9.75. The second kappa shape index (κ2) is 5.84. The number of aromatic nitrogens is 6. The summed E-state index contributed by atoms with van der Waals surface area (Å²) in [5, 5.41) is 17.3. The van der Waals surface area contributed by atoms with Crippen LogP contribution < -0.4 is 16.6 Å². The molecule has 1 atom stereocenters. The number of anilines is 1. The highest BCUT2D eigenvalue weighted by atomic mass is 16.3. The number of aryl methyl sites for hydroxylation is 3. The lowest BCUT2D eigenvalue weighted by Crippen LogP contribution is -2.36. The van der Waals surface area contributed by atoms with E-state index in [9.17, 15) is 14.7 Å². The number of nitrogens with one attached hydrogen (secondary N) is 2. The zero-order valence-electron chi connectivity index (χ0n) is 14.8. The average Bonchev–Trinajstić information content (AvgIpc) is 3.12. The summed E-state index contributed by atoms with van der Waals surface area (Å²) in [6, 6.07) is -0.0984.